The minimum absolute atomic E-state index is 0.212. The Bertz CT molecular complexity index is 289. The van der Waals surface area contributed by atoms with Crippen LogP contribution in [0.1, 0.15) is 6.92 Å². The van der Waals surface area contributed by atoms with E-state index in [9.17, 15) is 4.79 Å². The molecule has 0 bridgehead atoms. The van der Waals surface area contributed by atoms with Gasteiger partial charge in [-0.25, -0.2) is 9.97 Å². The molecule has 0 atom stereocenters. The molecule has 0 aromatic carbocycles. The summed E-state index contributed by atoms with van der Waals surface area (Å²) in [5.41, 5.74) is 0. The maximum atomic E-state index is 11.0. The summed E-state index contributed by atoms with van der Waals surface area (Å²) in [4.78, 5) is 20.7. The van der Waals surface area contributed by atoms with E-state index in [0.29, 0.717) is 6.54 Å². The molecule has 0 aliphatic carbocycles. The third kappa shape index (κ3) is 2.69. The van der Waals surface area contributed by atoms with Crippen LogP contribution in [0, 0.1) is 0 Å². The molecule has 1 aromatic rings. The number of hydrogen-bond acceptors (Lipinski definition) is 5. The average Bonchev–Trinajstić information content (AvgIpc) is 2.26. The molecule has 0 radical (unpaired) electrons. The lowest BCUT2D eigenvalue weighted by molar-refractivity contribution is -0.138. The molecule has 0 saturated carbocycles. The van der Waals surface area contributed by atoms with E-state index in [1.807, 2.05) is 11.8 Å². The Kier molecular flexibility index (Phi) is 3.84. The molecule has 1 heterocycles. The topological polar surface area (TPSA) is 55.3 Å². The first-order valence-electron chi connectivity index (χ1n) is 4.35. The summed E-state index contributed by atoms with van der Waals surface area (Å²) in [6.45, 7) is 2.86. The van der Waals surface area contributed by atoms with Gasteiger partial charge in [-0.3, -0.25) is 4.79 Å². The molecule has 1 aromatic heterocycles. The standard InChI is InChI=1S/C9H13N3O2/c1-3-12(6-9(13)14-2)8-4-5-10-7-11-8/h4-5,7H,3,6H2,1-2H3. The van der Waals surface area contributed by atoms with Gasteiger partial charge in [0.2, 0.25) is 0 Å². The van der Waals surface area contributed by atoms with E-state index < -0.39 is 0 Å². The highest BCUT2D eigenvalue weighted by Crippen LogP contribution is 2.06. The van der Waals surface area contributed by atoms with E-state index in [1.165, 1.54) is 13.4 Å². The molecule has 0 amide bonds. The molecule has 5 nitrogen and oxygen atoms in total. The largest absolute Gasteiger partial charge is 0.468 e. The van der Waals surface area contributed by atoms with E-state index >= 15 is 0 Å². The van der Waals surface area contributed by atoms with Crippen LogP contribution in [-0.4, -0.2) is 36.1 Å². The van der Waals surface area contributed by atoms with Gasteiger partial charge in [-0.05, 0) is 13.0 Å². The predicted molar refractivity (Wildman–Crippen MR) is 51.9 cm³/mol. The summed E-state index contributed by atoms with van der Waals surface area (Å²) < 4.78 is 4.58. The predicted octanol–water partition coefficient (Wildman–Crippen LogP) is 0.476. The van der Waals surface area contributed by atoms with Gasteiger partial charge >= 0.3 is 5.97 Å². The Hall–Kier alpha value is -1.65. The fraction of sp³-hybridized carbons (Fsp3) is 0.444. The molecular formula is C9H13N3O2. The van der Waals surface area contributed by atoms with Crippen molar-refractivity contribution in [2.75, 3.05) is 25.1 Å². The molecule has 0 unspecified atom stereocenters. The van der Waals surface area contributed by atoms with Gasteiger partial charge < -0.3 is 9.64 Å². The number of anilines is 1. The molecule has 0 spiro atoms. The van der Waals surface area contributed by atoms with Crippen LogP contribution in [0.4, 0.5) is 5.82 Å². The number of aromatic nitrogens is 2. The van der Waals surface area contributed by atoms with Crippen molar-refractivity contribution in [3.8, 4) is 0 Å². The molecular weight excluding hydrogens is 182 g/mol. The number of likely N-dealkylation sites (N-methyl/N-ethyl adjacent to an activating group) is 1. The number of carbonyl (C=O) groups excluding carboxylic acids is 1. The van der Waals surface area contributed by atoms with Crippen LogP contribution in [0.25, 0.3) is 0 Å². The van der Waals surface area contributed by atoms with Gasteiger partial charge in [-0.15, -0.1) is 0 Å². The molecule has 14 heavy (non-hydrogen) atoms. The lowest BCUT2D eigenvalue weighted by Gasteiger charge is -2.19. The van der Waals surface area contributed by atoms with Crippen molar-refractivity contribution in [1.82, 2.24) is 9.97 Å². The number of carbonyl (C=O) groups is 1. The maximum absolute atomic E-state index is 11.0. The Morgan fingerprint density at radius 1 is 1.64 bits per heavy atom. The second-order valence-electron chi connectivity index (χ2n) is 2.66. The summed E-state index contributed by atoms with van der Waals surface area (Å²) >= 11 is 0. The fourth-order valence-electron chi connectivity index (χ4n) is 1.05. The van der Waals surface area contributed by atoms with E-state index in [4.69, 9.17) is 0 Å². The number of methoxy groups -OCH3 is 1. The Labute approximate surface area is 82.7 Å². The molecule has 76 valence electrons. The van der Waals surface area contributed by atoms with Crippen molar-refractivity contribution in [2.45, 2.75) is 6.92 Å². The van der Waals surface area contributed by atoms with Gasteiger partial charge in [-0.2, -0.15) is 0 Å². The lowest BCUT2D eigenvalue weighted by Crippen LogP contribution is -2.30. The third-order valence-corrected chi connectivity index (χ3v) is 1.82. The fourth-order valence-corrected chi connectivity index (χ4v) is 1.05. The number of nitrogens with zero attached hydrogens (tertiary/aromatic N) is 3. The zero-order chi connectivity index (χ0) is 10.4. The molecule has 5 heteroatoms. The smallest absolute Gasteiger partial charge is 0.325 e. The van der Waals surface area contributed by atoms with Crippen LogP contribution in [0.3, 0.4) is 0 Å². The lowest BCUT2D eigenvalue weighted by atomic mass is 10.4. The monoisotopic (exact) mass is 195 g/mol. The molecule has 0 saturated heterocycles. The number of hydrogen-bond donors (Lipinski definition) is 0. The third-order valence-electron chi connectivity index (χ3n) is 1.82. The van der Waals surface area contributed by atoms with Gasteiger partial charge in [0.25, 0.3) is 0 Å². The quantitative estimate of drug-likeness (QED) is 0.654. The van der Waals surface area contributed by atoms with Crippen LogP contribution in [0.2, 0.25) is 0 Å². The summed E-state index contributed by atoms with van der Waals surface area (Å²) in [5, 5.41) is 0. The van der Waals surface area contributed by atoms with Crippen molar-refractivity contribution in [2.24, 2.45) is 0 Å². The van der Waals surface area contributed by atoms with Crippen LogP contribution < -0.4 is 4.90 Å². The van der Waals surface area contributed by atoms with E-state index in [1.54, 1.807) is 12.3 Å². The second-order valence-corrected chi connectivity index (χ2v) is 2.66. The van der Waals surface area contributed by atoms with Gasteiger partial charge in [0.1, 0.15) is 18.7 Å². The van der Waals surface area contributed by atoms with Gasteiger partial charge in [0, 0.05) is 12.7 Å². The first-order chi connectivity index (χ1) is 6.77. The Morgan fingerprint density at radius 3 is 2.93 bits per heavy atom. The summed E-state index contributed by atoms with van der Waals surface area (Å²) in [5.74, 6) is 0.457. The van der Waals surface area contributed by atoms with E-state index in [2.05, 4.69) is 14.7 Å². The zero-order valence-corrected chi connectivity index (χ0v) is 8.30. The second kappa shape index (κ2) is 5.16. The van der Waals surface area contributed by atoms with E-state index in [0.717, 1.165) is 5.82 Å². The van der Waals surface area contributed by atoms with Gasteiger partial charge in [0.05, 0.1) is 7.11 Å². The molecule has 0 N–H and O–H groups in total. The van der Waals surface area contributed by atoms with Crippen LogP contribution in [-0.2, 0) is 9.53 Å². The minimum Gasteiger partial charge on any atom is -0.468 e. The average molecular weight is 195 g/mol. The van der Waals surface area contributed by atoms with Gasteiger partial charge in [-0.1, -0.05) is 0 Å². The Morgan fingerprint density at radius 2 is 2.43 bits per heavy atom. The zero-order valence-electron chi connectivity index (χ0n) is 8.30. The van der Waals surface area contributed by atoms with Gasteiger partial charge in [0.15, 0.2) is 0 Å². The Balaban J connectivity index is 2.68. The SMILES string of the molecule is CCN(CC(=O)OC)c1ccncn1. The first-order valence-corrected chi connectivity index (χ1v) is 4.35. The van der Waals surface area contributed by atoms with Crippen LogP contribution >= 0.6 is 0 Å². The first kappa shape index (κ1) is 10.4. The highest BCUT2D eigenvalue weighted by Gasteiger charge is 2.10. The summed E-state index contributed by atoms with van der Waals surface area (Å²) in [7, 11) is 1.37. The molecule has 0 fully saturated rings. The number of rotatable bonds is 4. The van der Waals surface area contributed by atoms with Crippen molar-refractivity contribution in [3.63, 3.8) is 0 Å². The molecule has 0 aliphatic rings. The van der Waals surface area contributed by atoms with Crippen molar-refractivity contribution in [3.05, 3.63) is 18.6 Å². The normalized spacial score (nSPS) is 9.57. The van der Waals surface area contributed by atoms with Crippen LogP contribution in [0.5, 0.6) is 0 Å². The minimum atomic E-state index is -0.273. The van der Waals surface area contributed by atoms with Crippen molar-refractivity contribution in [1.29, 1.82) is 0 Å². The van der Waals surface area contributed by atoms with Crippen molar-refractivity contribution >= 4 is 11.8 Å². The highest BCUT2D eigenvalue weighted by molar-refractivity contribution is 5.75. The summed E-state index contributed by atoms with van der Waals surface area (Å²) in [6, 6.07) is 1.76. The number of ether oxygens (including phenoxy) is 1. The van der Waals surface area contributed by atoms with Crippen molar-refractivity contribution < 1.29 is 9.53 Å². The number of esters is 1. The van der Waals surface area contributed by atoms with E-state index in [-0.39, 0.29) is 12.5 Å². The summed E-state index contributed by atoms with van der Waals surface area (Å²) in [6.07, 6.45) is 3.09. The highest BCUT2D eigenvalue weighted by atomic mass is 16.5. The van der Waals surface area contributed by atoms with Crippen LogP contribution in [0.15, 0.2) is 18.6 Å². The molecule has 0 aliphatic heterocycles. The maximum Gasteiger partial charge on any atom is 0.325 e. The molecule has 1 rings (SSSR count).